The number of nitrogens with two attached hydrogens (primary N) is 1. The summed E-state index contributed by atoms with van der Waals surface area (Å²) in [5.74, 6) is 0.743. The molecule has 0 bridgehead atoms. The lowest BCUT2D eigenvalue weighted by Crippen LogP contribution is -2.45. The van der Waals surface area contributed by atoms with Crippen LogP contribution in [0, 0.1) is 6.92 Å². The van der Waals surface area contributed by atoms with Gasteiger partial charge in [-0.15, -0.1) is 11.3 Å². The van der Waals surface area contributed by atoms with Crippen LogP contribution < -0.4 is 10.5 Å². The second-order valence-corrected chi connectivity index (χ2v) is 7.27. The van der Waals surface area contributed by atoms with Gasteiger partial charge in [0.15, 0.2) is 0 Å². The highest BCUT2D eigenvalue weighted by Gasteiger charge is 2.19. The number of piperidine rings is 1. The molecule has 5 nitrogen and oxygen atoms in total. The van der Waals surface area contributed by atoms with Crippen LogP contribution in [0.15, 0.2) is 35.7 Å². The average Bonchev–Trinajstić information content (AvgIpc) is 3.04. The largest absolute Gasteiger partial charge is 0.487 e. The van der Waals surface area contributed by atoms with Gasteiger partial charge >= 0.3 is 0 Å². The number of ether oxygens (including phenoxy) is 1. The molecule has 1 aromatic heterocycles. The van der Waals surface area contributed by atoms with Gasteiger partial charge < -0.3 is 15.4 Å². The summed E-state index contributed by atoms with van der Waals surface area (Å²) < 4.78 is 5.88. The summed E-state index contributed by atoms with van der Waals surface area (Å²) in [5, 5.41) is 3.02. The molecule has 2 heterocycles. The van der Waals surface area contributed by atoms with E-state index in [-0.39, 0.29) is 11.9 Å². The zero-order chi connectivity index (χ0) is 17.6. The molecule has 25 heavy (non-hydrogen) atoms. The van der Waals surface area contributed by atoms with E-state index >= 15 is 0 Å². The van der Waals surface area contributed by atoms with Gasteiger partial charge in [0.05, 0.1) is 10.7 Å². The highest BCUT2D eigenvalue weighted by atomic mass is 32.1. The van der Waals surface area contributed by atoms with E-state index < -0.39 is 0 Å². The Morgan fingerprint density at radius 2 is 2.32 bits per heavy atom. The topological polar surface area (TPSA) is 68.5 Å². The molecule has 1 fully saturated rings. The van der Waals surface area contributed by atoms with Crippen molar-refractivity contribution in [1.82, 2.24) is 9.88 Å². The summed E-state index contributed by atoms with van der Waals surface area (Å²) in [6, 6.07) is 7.78. The van der Waals surface area contributed by atoms with Crippen molar-refractivity contribution in [1.29, 1.82) is 0 Å². The third-order valence-electron chi connectivity index (χ3n) is 4.14. The Kier molecular flexibility index (Phi) is 5.83. The van der Waals surface area contributed by atoms with Crippen molar-refractivity contribution in [2.75, 3.05) is 13.1 Å². The molecule has 2 aromatic rings. The van der Waals surface area contributed by atoms with Crippen molar-refractivity contribution in [3.05, 3.63) is 52.0 Å². The zero-order valence-corrected chi connectivity index (χ0v) is 15.2. The van der Waals surface area contributed by atoms with E-state index in [1.54, 1.807) is 17.4 Å². The van der Waals surface area contributed by atoms with E-state index in [1.807, 2.05) is 47.5 Å². The average molecular weight is 357 g/mol. The van der Waals surface area contributed by atoms with Gasteiger partial charge in [-0.05, 0) is 31.9 Å². The van der Waals surface area contributed by atoms with Crippen LogP contribution in [-0.4, -0.2) is 34.9 Å². The first-order valence-corrected chi connectivity index (χ1v) is 9.35. The van der Waals surface area contributed by atoms with Crippen LogP contribution in [0.1, 0.15) is 29.1 Å². The van der Waals surface area contributed by atoms with E-state index in [0.29, 0.717) is 13.2 Å². The molecule has 1 amide bonds. The molecule has 1 aromatic carbocycles. The highest BCUT2D eigenvalue weighted by Crippen LogP contribution is 2.21. The van der Waals surface area contributed by atoms with Crippen LogP contribution in [0.25, 0.3) is 6.08 Å². The smallest absolute Gasteiger partial charge is 0.246 e. The molecule has 1 atom stereocenters. The van der Waals surface area contributed by atoms with Gasteiger partial charge in [-0.3, -0.25) is 4.79 Å². The maximum Gasteiger partial charge on any atom is 0.246 e. The first-order valence-electron chi connectivity index (χ1n) is 8.47. The number of para-hydroxylation sites is 1. The Bertz CT molecular complexity index is 757. The van der Waals surface area contributed by atoms with Crippen LogP contribution in [0.3, 0.4) is 0 Å². The molecule has 6 heteroatoms. The zero-order valence-electron chi connectivity index (χ0n) is 14.4. The molecule has 3 rings (SSSR count). The van der Waals surface area contributed by atoms with Gasteiger partial charge in [-0.1, -0.05) is 18.2 Å². The summed E-state index contributed by atoms with van der Waals surface area (Å²) in [7, 11) is 0. The van der Waals surface area contributed by atoms with E-state index in [9.17, 15) is 4.79 Å². The number of aryl methyl sites for hydroxylation is 1. The quantitative estimate of drug-likeness (QED) is 0.835. The molecule has 1 aliphatic heterocycles. The lowest BCUT2D eigenvalue weighted by molar-refractivity contribution is -0.127. The number of hydrogen-bond acceptors (Lipinski definition) is 5. The fourth-order valence-corrected chi connectivity index (χ4v) is 3.45. The Morgan fingerprint density at radius 1 is 1.48 bits per heavy atom. The fourth-order valence-electron chi connectivity index (χ4n) is 2.85. The molecule has 0 radical (unpaired) electrons. The van der Waals surface area contributed by atoms with Crippen molar-refractivity contribution in [3.63, 3.8) is 0 Å². The third-order valence-corrected chi connectivity index (χ3v) is 4.96. The summed E-state index contributed by atoms with van der Waals surface area (Å²) in [6.07, 6.45) is 5.37. The van der Waals surface area contributed by atoms with Crippen LogP contribution in [0.4, 0.5) is 0 Å². The summed E-state index contributed by atoms with van der Waals surface area (Å²) in [6.45, 7) is 3.80. The minimum absolute atomic E-state index is 0.0000732. The number of amides is 1. The molecule has 0 spiro atoms. The van der Waals surface area contributed by atoms with Crippen LogP contribution >= 0.6 is 11.3 Å². The summed E-state index contributed by atoms with van der Waals surface area (Å²) in [5.41, 5.74) is 7.74. The third kappa shape index (κ3) is 4.90. The number of nitrogens with zero attached hydrogens (tertiary/aromatic N) is 2. The second-order valence-electron chi connectivity index (χ2n) is 6.20. The second kappa shape index (κ2) is 8.27. The van der Waals surface area contributed by atoms with Crippen molar-refractivity contribution >= 4 is 23.3 Å². The molecular formula is C19H23N3O2S. The number of likely N-dealkylation sites (tertiary alicyclic amines) is 1. The van der Waals surface area contributed by atoms with Gasteiger partial charge in [0.2, 0.25) is 5.91 Å². The lowest BCUT2D eigenvalue weighted by Gasteiger charge is -2.29. The Morgan fingerprint density at radius 3 is 3.08 bits per heavy atom. The van der Waals surface area contributed by atoms with E-state index in [1.165, 1.54) is 0 Å². The van der Waals surface area contributed by atoms with Crippen molar-refractivity contribution in [2.24, 2.45) is 5.73 Å². The maximum absolute atomic E-state index is 12.3. The number of benzene rings is 1. The Hall–Kier alpha value is -2.18. The van der Waals surface area contributed by atoms with Crippen molar-refractivity contribution < 1.29 is 9.53 Å². The number of carbonyl (C=O) groups is 1. The molecule has 1 saturated heterocycles. The Labute approximate surface area is 152 Å². The molecule has 2 N–H and O–H groups in total. The molecule has 1 unspecified atom stereocenters. The first-order chi connectivity index (χ1) is 12.1. The SMILES string of the molecule is Cc1nc(COc2ccccc2C=CC(=O)N2CCCC(N)C2)cs1. The van der Waals surface area contributed by atoms with Gasteiger partial charge in [0.25, 0.3) is 0 Å². The minimum atomic E-state index is 0.0000732. The fraction of sp³-hybridized carbons (Fsp3) is 0.368. The predicted molar refractivity (Wildman–Crippen MR) is 100 cm³/mol. The molecule has 0 saturated carbocycles. The number of carbonyl (C=O) groups excluding carboxylic acids is 1. The van der Waals surface area contributed by atoms with Crippen molar-refractivity contribution in [3.8, 4) is 5.75 Å². The highest BCUT2D eigenvalue weighted by molar-refractivity contribution is 7.09. The maximum atomic E-state index is 12.3. The normalized spacial score (nSPS) is 17.8. The molecule has 0 aliphatic carbocycles. The number of rotatable bonds is 5. The summed E-state index contributed by atoms with van der Waals surface area (Å²) in [4.78, 5) is 18.6. The summed E-state index contributed by atoms with van der Waals surface area (Å²) >= 11 is 1.61. The molecule has 132 valence electrons. The number of aromatic nitrogens is 1. The van der Waals surface area contributed by atoms with Crippen LogP contribution in [-0.2, 0) is 11.4 Å². The van der Waals surface area contributed by atoms with Gasteiger partial charge in [-0.25, -0.2) is 4.98 Å². The Balaban J connectivity index is 1.64. The van der Waals surface area contributed by atoms with E-state index in [2.05, 4.69) is 4.98 Å². The van der Waals surface area contributed by atoms with Gasteiger partial charge in [0.1, 0.15) is 12.4 Å². The molecular weight excluding hydrogens is 334 g/mol. The first kappa shape index (κ1) is 17.6. The lowest BCUT2D eigenvalue weighted by atomic mass is 10.1. The monoisotopic (exact) mass is 357 g/mol. The number of hydrogen-bond donors (Lipinski definition) is 1. The van der Waals surface area contributed by atoms with Gasteiger partial charge in [-0.2, -0.15) is 0 Å². The standard InChI is InChI=1S/C19H23N3O2S/c1-14-21-17(13-25-14)12-24-18-7-3-2-5-15(18)8-9-19(23)22-10-4-6-16(20)11-22/h2-3,5,7-9,13,16H,4,6,10-12,20H2,1H3. The predicted octanol–water partition coefficient (Wildman–Crippen LogP) is 2.99. The number of thiazole rings is 1. The minimum Gasteiger partial charge on any atom is -0.487 e. The van der Waals surface area contributed by atoms with Crippen LogP contribution in [0.5, 0.6) is 5.75 Å². The van der Waals surface area contributed by atoms with E-state index in [0.717, 1.165) is 41.4 Å². The van der Waals surface area contributed by atoms with Crippen LogP contribution in [0.2, 0.25) is 0 Å². The molecule has 1 aliphatic rings. The van der Waals surface area contributed by atoms with E-state index in [4.69, 9.17) is 10.5 Å². The van der Waals surface area contributed by atoms with Gasteiger partial charge in [0, 0.05) is 36.2 Å². The van der Waals surface area contributed by atoms with Crippen molar-refractivity contribution in [2.45, 2.75) is 32.4 Å².